The number of ketones is 1. The number of aliphatic hydroxyl groups excluding tert-OH is 1. The lowest BCUT2D eigenvalue weighted by atomic mass is 9.95. The van der Waals surface area contributed by atoms with Crippen LogP contribution in [0.4, 0.5) is 0 Å². The van der Waals surface area contributed by atoms with E-state index in [4.69, 9.17) is 13.9 Å². The minimum atomic E-state index is -0.781. The van der Waals surface area contributed by atoms with Crippen molar-refractivity contribution in [1.82, 2.24) is 4.90 Å². The van der Waals surface area contributed by atoms with E-state index in [9.17, 15) is 14.7 Å². The molecule has 1 saturated heterocycles. The summed E-state index contributed by atoms with van der Waals surface area (Å²) in [4.78, 5) is 27.7. The summed E-state index contributed by atoms with van der Waals surface area (Å²) in [7, 11) is 0. The predicted molar refractivity (Wildman–Crippen MR) is 131 cm³/mol. The van der Waals surface area contributed by atoms with Crippen molar-refractivity contribution >= 4 is 17.4 Å². The summed E-state index contributed by atoms with van der Waals surface area (Å²) in [5.74, 6) is 0.228. The molecule has 182 valence electrons. The van der Waals surface area contributed by atoms with Crippen molar-refractivity contribution < 1.29 is 28.6 Å². The molecule has 4 rings (SSSR count). The fourth-order valence-corrected chi connectivity index (χ4v) is 4.07. The Morgan fingerprint density at radius 1 is 0.971 bits per heavy atom. The molecule has 1 aliphatic rings. The minimum Gasteiger partial charge on any atom is -0.507 e. The number of benzene rings is 2. The number of Topliss-reactive ketones (excluding diaryl/α,β-unsaturated/α-hetero) is 1. The molecule has 35 heavy (non-hydrogen) atoms. The van der Waals surface area contributed by atoms with E-state index in [1.165, 1.54) is 11.2 Å². The van der Waals surface area contributed by atoms with Crippen molar-refractivity contribution in [2.45, 2.75) is 39.3 Å². The van der Waals surface area contributed by atoms with Crippen LogP contribution in [0.25, 0.3) is 5.76 Å². The summed E-state index contributed by atoms with van der Waals surface area (Å²) >= 11 is 0. The maximum Gasteiger partial charge on any atom is 0.296 e. The van der Waals surface area contributed by atoms with Crippen LogP contribution in [-0.2, 0) is 16.1 Å². The molecule has 1 N–H and O–H groups in total. The van der Waals surface area contributed by atoms with Gasteiger partial charge in [-0.1, -0.05) is 25.5 Å². The summed E-state index contributed by atoms with van der Waals surface area (Å²) in [5, 5.41) is 11.2. The van der Waals surface area contributed by atoms with Crippen LogP contribution >= 0.6 is 0 Å². The Hall–Kier alpha value is -4.00. The van der Waals surface area contributed by atoms with Crippen LogP contribution in [0.1, 0.15) is 49.6 Å². The van der Waals surface area contributed by atoms with Crippen LogP contribution in [0.2, 0.25) is 0 Å². The quantitative estimate of drug-likeness (QED) is 0.181. The molecule has 0 radical (unpaired) electrons. The molecular formula is C28H29NO6. The monoisotopic (exact) mass is 475 g/mol. The number of likely N-dealkylation sites (tertiary alicyclic amines) is 1. The van der Waals surface area contributed by atoms with Crippen LogP contribution in [0.5, 0.6) is 11.5 Å². The maximum absolute atomic E-state index is 13.2. The highest BCUT2D eigenvalue weighted by Crippen LogP contribution is 2.40. The van der Waals surface area contributed by atoms with E-state index in [0.717, 1.165) is 12.8 Å². The highest BCUT2D eigenvalue weighted by atomic mass is 16.5. The number of ether oxygens (including phenoxy) is 2. The van der Waals surface area contributed by atoms with Crippen molar-refractivity contribution in [3.05, 3.63) is 89.4 Å². The highest BCUT2D eigenvalue weighted by Gasteiger charge is 2.46. The van der Waals surface area contributed by atoms with Gasteiger partial charge in [-0.25, -0.2) is 0 Å². The van der Waals surface area contributed by atoms with Crippen molar-refractivity contribution in [3.63, 3.8) is 0 Å². The number of nitrogens with zero attached hydrogens (tertiary/aromatic N) is 1. The van der Waals surface area contributed by atoms with Gasteiger partial charge in [-0.05, 0) is 67.4 Å². The lowest BCUT2D eigenvalue weighted by molar-refractivity contribution is -0.140. The number of furan rings is 1. The average Bonchev–Trinajstić information content (AvgIpc) is 3.47. The van der Waals surface area contributed by atoms with Gasteiger partial charge in [0.25, 0.3) is 11.7 Å². The Labute approximate surface area is 204 Å². The highest BCUT2D eigenvalue weighted by molar-refractivity contribution is 6.46. The van der Waals surface area contributed by atoms with Gasteiger partial charge in [0.15, 0.2) is 0 Å². The summed E-state index contributed by atoms with van der Waals surface area (Å²) in [6.45, 7) is 5.20. The summed E-state index contributed by atoms with van der Waals surface area (Å²) in [5.41, 5.74) is 1.14. The first kappa shape index (κ1) is 24.1. The molecule has 1 aromatic heterocycles. The number of carbonyl (C=O) groups is 2. The smallest absolute Gasteiger partial charge is 0.296 e. The van der Waals surface area contributed by atoms with Gasteiger partial charge in [-0.15, -0.1) is 0 Å². The van der Waals surface area contributed by atoms with Crippen molar-refractivity contribution in [2.75, 3.05) is 13.2 Å². The minimum absolute atomic E-state index is 0.0327. The predicted octanol–water partition coefficient (Wildman–Crippen LogP) is 5.48. The fraction of sp³-hybridized carbons (Fsp3) is 0.286. The molecule has 3 aromatic rings. The third kappa shape index (κ3) is 5.24. The van der Waals surface area contributed by atoms with Crippen LogP contribution in [0.15, 0.2) is 76.9 Å². The number of unbranched alkanes of at least 4 members (excludes halogenated alkanes) is 1. The number of aliphatic hydroxyl groups is 1. The van der Waals surface area contributed by atoms with E-state index >= 15 is 0 Å². The number of amides is 1. The largest absolute Gasteiger partial charge is 0.507 e. The maximum atomic E-state index is 13.2. The van der Waals surface area contributed by atoms with Gasteiger partial charge >= 0.3 is 0 Å². The zero-order chi connectivity index (χ0) is 24.8. The van der Waals surface area contributed by atoms with Crippen LogP contribution in [0.3, 0.4) is 0 Å². The number of hydrogen-bond donors (Lipinski definition) is 1. The third-order valence-corrected chi connectivity index (χ3v) is 5.85. The van der Waals surface area contributed by atoms with Gasteiger partial charge in [-0.3, -0.25) is 9.59 Å². The topological polar surface area (TPSA) is 89.2 Å². The van der Waals surface area contributed by atoms with Gasteiger partial charge in [0, 0.05) is 5.56 Å². The first-order valence-electron chi connectivity index (χ1n) is 11.8. The summed E-state index contributed by atoms with van der Waals surface area (Å²) in [6, 6.07) is 16.7. The number of hydrogen-bond acceptors (Lipinski definition) is 6. The standard InChI is InChI=1S/C28H29NO6/c1-3-5-16-34-22-12-8-19(9-13-22)25-24(26(30)20-10-14-21(15-11-20)33-4-2)27(31)28(32)29(25)18-23-7-6-17-35-23/h6-15,17,25,30H,3-5,16,18H2,1-2H3/b26-24+. The first-order valence-corrected chi connectivity index (χ1v) is 11.8. The van der Waals surface area contributed by atoms with Crippen molar-refractivity contribution in [2.24, 2.45) is 0 Å². The molecular weight excluding hydrogens is 446 g/mol. The Kier molecular flexibility index (Phi) is 7.55. The molecule has 1 unspecified atom stereocenters. The van der Waals surface area contributed by atoms with Crippen LogP contribution in [0, 0.1) is 0 Å². The molecule has 2 aromatic carbocycles. The molecule has 0 spiro atoms. The van der Waals surface area contributed by atoms with E-state index in [2.05, 4.69) is 6.92 Å². The molecule has 0 bridgehead atoms. The van der Waals surface area contributed by atoms with E-state index < -0.39 is 17.7 Å². The fourth-order valence-electron chi connectivity index (χ4n) is 4.07. The second kappa shape index (κ2) is 11.0. The van der Waals surface area contributed by atoms with Crippen LogP contribution < -0.4 is 9.47 Å². The molecule has 1 atom stereocenters. The Morgan fingerprint density at radius 2 is 1.66 bits per heavy atom. The zero-order valence-corrected chi connectivity index (χ0v) is 19.9. The number of carbonyl (C=O) groups excluding carboxylic acids is 2. The van der Waals surface area contributed by atoms with Gasteiger partial charge < -0.3 is 23.9 Å². The van der Waals surface area contributed by atoms with Crippen molar-refractivity contribution in [1.29, 1.82) is 0 Å². The Bertz CT molecular complexity index is 1180. The number of rotatable bonds is 10. The van der Waals surface area contributed by atoms with Crippen molar-refractivity contribution in [3.8, 4) is 11.5 Å². The molecule has 7 heteroatoms. The molecule has 7 nitrogen and oxygen atoms in total. The second-order valence-electron chi connectivity index (χ2n) is 8.23. The molecule has 0 aliphatic carbocycles. The van der Waals surface area contributed by atoms with E-state index in [-0.39, 0.29) is 17.9 Å². The Morgan fingerprint density at radius 3 is 2.29 bits per heavy atom. The molecule has 1 aliphatic heterocycles. The lowest BCUT2D eigenvalue weighted by Crippen LogP contribution is -2.29. The second-order valence-corrected chi connectivity index (χ2v) is 8.23. The van der Waals surface area contributed by atoms with Gasteiger partial charge in [0.1, 0.15) is 23.0 Å². The molecule has 1 fully saturated rings. The molecule has 2 heterocycles. The van der Waals surface area contributed by atoms with E-state index in [0.29, 0.717) is 41.6 Å². The lowest BCUT2D eigenvalue weighted by Gasteiger charge is -2.24. The summed E-state index contributed by atoms with van der Waals surface area (Å²) in [6.07, 6.45) is 3.50. The zero-order valence-electron chi connectivity index (χ0n) is 19.9. The SMILES string of the molecule is CCCCOc1ccc(C2/C(=C(\O)c3ccc(OCC)cc3)C(=O)C(=O)N2Cc2ccco2)cc1. The van der Waals surface area contributed by atoms with Gasteiger partial charge in [-0.2, -0.15) is 0 Å². The Balaban J connectivity index is 1.73. The normalized spacial score (nSPS) is 17.1. The van der Waals surface area contributed by atoms with Gasteiger partial charge in [0.05, 0.1) is 37.6 Å². The van der Waals surface area contributed by atoms with Gasteiger partial charge in [0.2, 0.25) is 0 Å². The average molecular weight is 476 g/mol. The molecule has 1 amide bonds. The molecule has 0 saturated carbocycles. The third-order valence-electron chi connectivity index (χ3n) is 5.85. The van der Waals surface area contributed by atoms with E-state index in [1.807, 2.05) is 31.2 Å². The summed E-state index contributed by atoms with van der Waals surface area (Å²) < 4.78 is 16.7. The van der Waals surface area contributed by atoms with Crippen LogP contribution in [-0.4, -0.2) is 34.9 Å². The van der Waals surface area contributed by atoms with E-state index in [1.54, 1.807) is 36.4 Å². The first-order chi connectivity index (χ1) is 17.0.